The fourth-order valence-electron chi connectivity index (χ4n) is 5.42. The highest BCUT2D eigenvalue weighted by atomic mass is 35.5. The summed E-state index contributed by atoms with van der Waals surface area (Å²) in [5, 5.41) is 11.0. The number of anilines is 3. The number of hydrazine groups is 1. The van der Waals surface area contributed by atoms with Crippen LogP contribution in [0.4, 0.5) is 17.2 Å². The van der Waals surface area contributed by atoms with Crippen molar-refractivity contribution in [2.24, 2.45) is 11.6 Å². The van der Waals surface area contributed by atoms with E-state index >= 15 is 0 Å². The number of hydrogen-bond acceptors (Lipinski definition) is 8. The zero-order valence-electron chi connectivity index (χ0n) is 25.1. The van der Waals surface area contributed by atoms with Crippen molar-refractivity contribution < 1.29 is 0 Å². The number of likely N-dealkylation sites (tertiary alicyclic amines) is 1. The second-order valence-corrected chi connectivity index (χ2v) is 13.0. The van der Waals surface area contributed by atoms with Gasteiger partial charge >= 0.3 is 0 Å². The number of fused-ring (bicyclic) bond motifs is 1. The average Bonchev–Trinajstić information content (AvgIpc) is 2.98. The van der Waals surface area contributed by atoms with Crippen molar-refractivity contribution in [2.45, 2.75) is 58.2 Å². The maximum absolute atomic E-state index is 6.80. The highest BCUT2D eigenvalue weighted by molar-refractivity contribution is 6.31. The Morgan fingerprint density at radius 3 is 2.37 bits per heavy atom. The van der Waals surface area contributed by atoms with Crippen molar-refractivity contribution in [3.63, 3.8) is 0 Å². The molecule has 1 aromatic heterocycles. The second-order valence-electron chi connectivity index (χ2n) is 12.1. The van der Waals surface area contributed by atoms with Gasteiger partial charge in [-0.05, 0) is 94.1 Å². The van der Waals surface area contributed by atoms with Crippen LogP contribution in [0.2, 0.25) is 10.0 Å². The van der Waals surface area contributed by atoms with E-state index in [1.165, 1.54) is 0 Å². The molecule has 43 heavy (non-hydrogen) atoms. The van der Waals surface area contributed by atoms with E-state index in [4.69, 9.17) is 34.8 Å². The Bertz CT molecular complexity index is 1590. The number of hydrogen-bond donors (Lipinski definition) is 4. The number of halogens is 2. The maximum atomic E-state index is 6.80. The molecule has 8 nitrogen and oxygen atoms in total. The minimum atomic E-state index is -0.354. The highest BCUT2D eigenvalue weighted by Crippen LogP contribution is 2.31. The van der Waals surface area contributed by atoms with Gasteiger partial charge in [-0.15, -0.1) is 0 Å². The Balaban J connectivity index is 1.41. The number of aryl methyl sites for hydroxylation is 1. The average molecular weight is 620 g/mol. The Labute approximate surface area is 264 Å². The number of benzene rings is 3. The lowest BCUT2D eigenvalue weighted by atomic mass is 9.97. The van der Waals surface area contributed by atoms with Gasteiger partial charge in [-0.2, -0.15) is 0 Å². The van der Waals surface area contributed by atoms with Gasteiger partial charge in [0.15, 0.2) is 0 Å². The molecular weight excluding hydrogens is 579 g/mol. The minimum absolute atomic E-state index is 0.149. The van der Waals surface area contributed by atoms with Crippen LogP contribution in [0.3, 0.4) is 0 Å². The molecule has 0 aliphatic carbocycles. The number of rotatable bonds is 8. The zero-order valence-corrected chi connectivity index (χ0v) is 26.6. The molecule has 0 saturated carbocycles. The van der Waals surface area contributed by atoms with Gasteiger partial charge in [-0.1, -0.05) is 41.4 Å². The molecular formula is C33H40Cl2N8. The molecule has 1 atom stereocenters. The smallest absolute Gasteiger partial charge is 0.141 e. The second kappa shape index (κ2) is 13.0. The van der Waals surface area contributed by atoms with Crippen LogP contribution in [0.25, 0.3) is 10.9 Å². The number of nitrogens with two attached hydrogens (primary N) is 2. The summed E-state index contributed by atoms with van der Waals surface area (Å²) in [6.45, 7) is 10.7. The van der Waals surface area contributed by atoms with E-state index < -0.39 is 0 Å². The van der Waals surface area contributed by atoms with Gasteiger partial charge < -0.3 is 21.4 Å². The first-order valence-corrected chi connectivity index (χ1v) is 15.3. The molecule has 6 N–H and O–H groups in total. The fraction of sp³-hybridized carbons (Fsp3) is 0.333. The molecule has 1 aliphatic rings. The summed E-state index contributed by atoms with van der Waals surface area (Å²) in [6, 6.07) is 19.3. The van der Waals surface area contributed by atoms with Gasteiger partial charge in [0.2, 0.25) is 0 Å². The standard InChI is InChI=1S/C33H40Cl2N8/c1-21-5-10-25(18-28(21)35)41-32-27-17-24(11-12-30(27)38-20-39-32)40-31(22-6-8-23(34)9-7-22)29(36)19-43(37)26-13-15-42(16-14-26)33(2,3)4/h5-12,17-20,26,31,40H,13-16,36-37H2,1-4H3,(H,38,39,41)/b29-19-. The Morgan fingerprint density at radius 2 is 1.70 bits per heavy atom. The topological polar surface area (TPSA) is 108 Å². The van der Waals surface area contributed by atoms with Gasteiger partial charge in [0.25, 0.3) is 0 Å². The van der Waals surface area contributed by atoms with E-state index in [-0.39, 0.29) is 17.6 Å². The van der Waals surface area contributed by atoms with Crippen LogP contribution in [0.15, 0.2) is 78.9 Å². The molecule has 0 spiro atoms. The molecule has 0 radical (unpaired) electrons. The summed E-state index contributed by atoms with van der Waals surface area (Å²) < 4.78 is 0. The highest BCUT2D eigenvalue weighted by Gasteiger charge is 2.29. The van der Waals surface area contributed by atoms with Crippen LogP contribution < -0.4 is 22.2 Å². The molecule has 226 valence electrons. The monoisotopic (exact) mass is 618 g/mol. The van der Waals surface area contributed by atoms with Gasteiger partial charge in [0.1, 0.15) is 12.1 Å². The quantitative estimate of drug-likeness (QED) is 0.120. The SMILES string of the molecule is Cc1ccc(Nc2ncnc3ccc(NC(/C(N)=C/N(N)C4CCN(C(C)(C)C)CC4)c4ccc(Cl)cc4)cc23)cc1Cl. The first-order chi connectivity index (χ1) is 20.5. The molecule has 0 bridgehead atoms. The predicted octanol–water partition coefficient (Wildman–Crippen LogP) is 7.38. The summed E-state index contributed by atoms with van der Waals surface area (Å²) >= 11 is 12.6. The third kappa shape index (κ3) is 7.51. The van der Waals surface area contributed by atoms with E-state index in [2.05, 4.69) is 46.3 Å². The van der Waals surface area contributed by atoms with Crippen molar-refractivity contribution in [1.82, 2.24) is 19.9 Å². The molecule has 1 unspecified atom stereocenters. The van der Waals surface area contributed by atoms with Crippen LogP contribution in [0, 0.1) is 6.92 Å². The zero-order chi connectivity index (χ0) is 30.7. The third-order valence-electron chi connectivity index (χ3n) is 8.05. The van der Waals surface area contributed by atoms with Gasteiger partial charge in [-0.25, -0.2) is 15.8 Å². The van der Waals surface area contributed by atoms with Gasteiger partial charge in [-0.3, -0.25) is 4.90 Å². The molecule has 10 heteroatoms. The minimum Gasteiger partial charge on any atom is -0.399 e. The Kier molecular flexibility index (Phi) is 9.32. The summed E-state index contributed by atoms with van der Waals surface area (Å²) in [4.78, 5) is 11.5. The van der Waals surface area contributed by atoms with Crippen LogP contribution in [-0.2, 0) is 0 Å². The van der Waals surface area contributed by atoms with E-state index in [1.54, 1.807) is 11.3 Å². The lowest BCUT2D eigenvalue weighted by molar-refractivity contribution is 0.0713. The predicted molar refractivity (Wildman–Crippen MR) is 179 cm³/mol. The summed E-state index contributed by atoms with van der Waals surface area (Å²) in [7, 11) is 0. The van der Waals surface area contributed by atoms with E-state index in [0.717, 1.165) is 59.3 Å². The molecule has 1 saturated heterocycles. The number of nitrogens with zero attached hydrogens (tertiary/aromatic N) is 4. The molecule has 5 rings (SSSR count). The molecule has 0 amide bonds. The molecule has 2 heterocycles. The first kappa shape index (κ1) is 30.9. The van der Waals surface area contributed by atoms with Crippen LogP contribution in [-0.4, -0.2) is 44.5 Å². The van der Waals surface area contributed by atoms with Crippen molar-refractivity contribution in [3.8, 4) is 0 Å². The largest absolute Gasteiger partial charge is 0.399 e. The van der Waals surface area contributed by atoms with Crippen molar-refractivity contribution >= 4 is 51.3 Å². The number of aromatic nitrogens is 2. The van der Waals surface area contributed by atoms with Crippen molar-refractivity contribution in [2.75, 3.05) is 23.7 Å². The van der Waals surface area contributed by atoms with Gasteiger partial charge in [0, 0.05) is 57.7 Å². The molecule has 1 fully saturated rings. The summed E-state index contributed by atoms with van der Waals surface area (Å²) in [6.07, 6.45) is 5.36. The van der Waals surface area contributed by atoms with Crippen molar-refractivity contribution in [3.05, 3.63) is 100 Å². The normalized spacial score (nSPS) is 15.8. The van der Waals surface area contributed by atoms with Crippen LogP contribution in [0.1, 0.15) is 50.8 Å². The van der Waals surface area contributed by atoms with E-state index in [9.17, 15) is 0 Å². The third-order valence-corrected chi connectivity index (χ3v) is 8.71. The van der Waals surface area contributed by atoms with E-state index in [0.29, 0.717) is 21.6 Å². The molecule has 4 aromatic rings. The lowest BCUT2D eigenvalue weighted by Gasteiger charge is -2.42. The van der Waals surface area contributed by atoms with Crippen LogP contribution in [0.5, 0.6) is 0 Å². The summed E-state index contributed by atoms with van der Waals surface area (Å²) in [5.74, 6) is 7.28. The van der Waals surface area contributed by atoms with E-state index in [1.807, 2.05) is 73.8 Å². The lowest BCUT2D eigenvalue weighted by Crippen LogP contribution is -2.51. The first-order valence-electron chi connectivity index (χ1n) is 14.5. The van der Waals surface area contributed by atoms with Crippen molar-refractivity contribution in [1.29, 1.82) is 0 Å². The number of nitrogens with one attached hydrogen (secondary N) is 2. The summed E-state index contributed by atoms with van der Waals surface area (Å²) in [5.41, 5.74) is 12.0. The maximum Gasteiger partial charge on any atom is 0.141 e. The van der Waals surface area contributed by atoms with Crippen LogP contribution >= 0.6 is 23.2 Å². The Morgan fingerprint density at radius 1 is 1.00 bits per heavy atom. The number of piperidine rings is 1. The molecule has 3 aromatic carbocycles. The van der Waals surface area contributed by atoms with Gasteiger partial charge in [0.05, 0.1) is 17.3 Å². The molecule has 1 aliphatic heterocycles. The Hall–Kier alpha value is -3.56. The fourth-order valence-corrected chi connectivity index (χ4v) is 5.73.